The van der Waals surface area contributed by atoms with Crippen LogP contribution in [0.1, 0.15) is 200 Å². The average Bonchev–Trinajstić information content (AvgIpc) is 3.00. The molecule has 43 heavy (non-hydrogen) atoms. The highest BCUT2D eigenvalue weighted by molar-refractivity contribution is 5.76. The zero-order valence-corrected chi connectivity index (χ0v) is 28.8. The number of allylic oxidation sites excluding steroid dienone is 2. The Hall–Kier alpha value is -0.910. The van der Waals surface area contributed by atoms with Crippen molar-refractivity contribution in [2.45, 2.75) is 218 Å². The van der Waals surface area contributed by atoms with E-state index in [1.807, 2.05) is 0 Å². The number of rotatable bonds is 34. The van der Waals surface area contributed by atoms with E-state index in [2.05, 4.69) is 31.3 Å². The summed E-state index contributed by atoms with van der Waals surface area (Å²) in [6.07, 6.45) is 37.5. The van der Waals surface area contributed by atoms with Crippen LogP contribution < -0.4 is 5.32 Å². The molecule has 0 aromatic rings. The number of hydrogen-bond acceptors (Lipinski definition) is 4. The van der Waals surface area contributed by atoms with Crippen LogP contribution in [0.5, 0.6) is 0 Å². The number of aliphatic hydroxyl groups is 3. The predicted molar refractivity (Wildman–Crippen MR) is 185 cm³/mol. The molecule has 5 nitrogen and oxygen atoms in total. The Morgan fingerprint density at radius 2 is 0.953 bits per heavy atom. The molecule has 0 saturated heterocycles. The summed E-state index contributed by atoms with van der Waals surface area (Å²) < 4.78 is 0. The third kappa shape index (κ3) is 30.9. The largest absolute Gasteiger partial charge is 0.394 e. The highest BCUT2D eigenvalue weighted by Crippen LogP contribution is 2.16. The van der Waals surface area contributed by atoms with E-state index in [0.717, 1.165) is 38.5 Å². The van der Waals surface area contributed by atoms with E-state index in [0.29, 0.717) is 12.8 Å². The van der Waals surface area contributed by atoms with Crippen molar-refractivity contribution in [2.24, 2.45) is 0 Å². The van der Waals surface area contributed by atoms with Crippen molar-refractivity contribution in [3.05, 3.63) is 12.2 Å². The lowest BCUT2D eigenvalue weighted by Gasteiger charge is -2.23. The first-order valence-corrected chi connectivity index (χ1v) is 19.0. The SMILES string of the molecule is CCCC/C=C\CCCCC(O)CC(=O)NC(CO)C(O)CCCCCCCCCCCCCCCCCCCCCC. The maximum Gasteiger partial charge on any atom is 0.222 e. The van der Waals surface area contributed by atoms with Gasteiger partial charge in [-0.2, -0.15) is 0 Å². The van der Waals surface area contributed by atoms with Crippen LogP contribution in [0.4, 0.5) is 0 Å². The minimum atomic E-state index is -0.749. The Balaban J connectivity index is 3.59. The Kier molecular flexibility index (Phi) is 33.3. The van der Waals surface area contributed by atoms with Gasteiger partial charge in [-0.15, -0.1) is 0 Å². The van der Waals surface area contributed by atoms with E-state index < -0.39 is 18.2 Å². The molecule has 1 amide bonds. The molecule has 0 heterocycles. The first-order valence-electron chi connectivity index (χ1n) is 19.0. The van der Waals surface area contributed by atoms with Crippen molar-refractivity contribution >= 4 is 5.91 Å². The van der Waals surface area contributed by atoms with Gasteiger partial charge >= 0.3 is 0 Å². The monoisotopic (exact) mass is 610 g/mol. The lowest BCUT2D eigenvalue weighted by atomic mass is 10.0. The van der Waals surface area contributed by atoms with Crippen molar-refractivity contribution in [1.29, 1.82) is 0 Å². The Labute approximate surface area is 268 Å². The number of carbonyl (C=O) groups excluding carboxylic acids is 1. The summed E-state index contributed by atoms with van der Waals surface area (Å²) >= 11 is 0. The van der Waals surface area contributed by atoms with Gasteiger partial charge in [0.15, 0.2) is 0 Å². The second-order valence-corrected chi connectivity index (χ2v) is 13.2. The van der Waals surface area contributed by atoms with Gasteiger partial charge in [-0.3, -0.25) is 4.79 Å². The van der Waals surface area contributed by atoms with Gasteiger partial charge in [-0.1, -0.05) is 174 Å². The van der Waals surface area contributed by atoms with Crippen LogP contribution in [0.3, 0.4) is 0 Å². The summed E-state index contributed by atoms with van der Waals surface area (Å²) in [6.45, 7) is 4.19. The van der Waals surface area contributed by atoms with Crippen molar-refractivity contribution < 1.29 is 20.1 Å². The fourth-order valence-electron chi connectivity index (χ4n) is 5.85. The maximum absolute atomic E-state index is 12.3. The molecule has 0 spiro atoms. The van der Waals surface area contributed by atoms with Gasteiger partial charge in [-0.25, -0.2) is 0 Å². The number of unbranched alkanes of at least 4 members (excludes halogenated alkanes) is 23. The predicted octanol–water partition coefficient (Wildman–Crippen LogP) is 10.1. The summed E-state index contributed by atoms with van der Waals surface area (Å²) in [5.41, 5.74) is 0. The van der Waals surface area contributed by atoms with Crippen molar-refractivity contribution in [3.8, 4) is 0 Å². The smallest absolute Gasteiger partial charge is 0.222 e. The van der Waals surface area contributed by atoms with Crippen molar-refractivity contribution in [3.63, 3.8) is 0 Å². The molecule has 0 aliphatic heterocycles. The fraction of sp³-hybridized carbons (Fsp3) is 0.921. The number of hydrogen-bond donors (Lipinski definition) is 4. The molecule has 0 aliphatic rings. The van der Waals surface area contributed by atoms with Crippen molar-refractivity contribution in [2.75, 3.05) is 6.61 Å². The Morgan fingerprint density at radius 3 is 1.40 bits per heavy atom. The molecule has 256 valence electrons. The molecule has 4 N–H and O–H groups in total. The van der Waals surface area contributed by atoms with E-state index >= 15 is 0 Å². The second kappa shape index (κ2) is 34.0. The molecule has 0 fully saturated rings. The van der Waals surface area contributed by atoms with Crippen LogP contribution in [0.25, 0.3) is 0 Å². The summed E-state index contributed by atoms with van der Waals surface area (Å²) in [7, 11) is 0. The first kappa shape index (κ1) is 42.1. The molecular formula is C38H75NO4. The summed E-state index contributed by atoms with van der Waals surface area (Å²) in [6, 6.07) is -0.659. The van der Waals surface area contributed by atoms with Crippen LogP contribution in [0.15, 0.2) is 12.2 Å². The van der Waals surface area contributed by atoms with Gasteiger partial charge in [0.1, 0.15) is 0 Å². The summed E-state index contributed by atoms with van der Waals surface area (Å²) in [5, 5.41) is 33.1. The highest BCUT2D eigenvalue weighted by atomic mass is 16.3. The number of carbonyl (C=O) groups is 1. The molecule has 3 unspecified atom stereocenters. The van der Waals surface area contributed by atoms with Gasteiger partial charge in [0.2, 0.25) is 5.91 Å². The molecule has 0 rings (SSSR count). The topological polar surface area (TPSA) is 89.8 Å². The Morgan fingerprint density at radius 1 is 0.558 bits per heavy atom. The number of amides is 1. The third-order valence-electron chi connectivity index (χ3n) is 8.83. The highest BCUT2D eigenvalue weighted by Gasteiger charge is 2.21. The normalized spacial score (nSPS) is 13.9. The van der Waals surface area contributed by atoms with Crippen molar-refractivity contribution in [1.82, 2.24) is 5.32 Å². The summed E-state index contributed by atoms with van der Waals surface area (Å²) in [5.74, 6) is -0.298. The standard InChI is InChI=1S/C38H75NO4/c1-3-5-7-9-11-13-14-15-16-17-18-19-20-21-22-23-24-26-28-30-32-37(42)36(34-40)39-38(43)33-35(41)31-29-27-25-12-10-8-6-4-2/h10,12,35-37,40-42H,3-9,11,13-34H2,1-2H3,(H,39,43)/b12-10-. The van der Waals surface area contributed by atoms with E-state index in [-0.39, 0.29) is 18.9 Å². The van der Waals surface area contributed by atoms with Crippen LogP contribution in [-0.4, -0.2) is 46.1 Å². The lowest BCUT2D eigenvalue weighted by molar-refractivity contribution is -0.125. The van der Waals surface area contributed by atoms with Gasteiger partial charge < -0.3 is 20.6 Å². The van der Waals surface area contributed by atoms with E-state index in [9.17, 15) is 20.1 Å². The molecule has 0 radical (unpaired) electrons. The molecular weight excluding hydrogens is 534 g/mol. The zero-order valence-electron chi connectivity index (χ0n) is 28.8. The molecule has 0 aromatic carbocycles. The molecule has 0 aromatic heterocycles. The maximum atomic E-state index is 12.3. The molecule has 0 aliphatic carbocycles. The quantitative estimate of drug-likeness (QED) is 0.0432. The van der Waals surface area contributed by atoms with Gasteiger partial charge in [0, 0.05) is 0 Å². The third-order valence-corrected chi connectivity index (χ3v) is 8.83. The average molecular weight is 610 g/mol. The minimum Gasteiger partial charge on any atom is -0.394 e. The number of aliphatic hydroxyl groups excluding tert-OH is 3. The van der Waals surface area contributed by atoms with Crippen LogP contribution in [0, 0.1) is 0 Å². The Bertz CT molecular complexity index is 596. The molecule has 5 heteroatoms. The van der Waals surface area contributed by atoms with Crippen LogP contribution >= 0.6 is 0 Å². The molecule has 3 atom stereocenters. The molecule has 0 saturated carbocycles. The zero-order chi connectivity index (χ0) is 31.6. The second-order valence-electron chi connectivity index (χ2n) is 13.2. The van der Waals surface area contributed by atoms with E-state index in [1.54, 1.807) is 0 Å². The fourth-order valence-corrected chi connectivity index (χ4v) is 5.85. The van der Waals surface area contributed by atoms with Gasteiger partial charge in [0.25, 0.3) is 0 Å². The van der Waals surface area contributed by atoms with Gasteiger partial charge in [-0.05, 0) is 32.1 Å². The van der Waals surface area contributed by atoms with E-state index in [4.69, 9.17) is 0 Å². The first-order chi connectivity index (χ1) is 21.0. The number of nitrogens with one attached hydrogen (secondary N) is 1. The van der Waals surface area contributed by atoms with Crippen LogP contribution in [-0.2, 0) is 4.79 Å². The molecule has 0 bridgehead atoms. The van der Waals surface area contributed by atoms with Crippen LogP contribution in [0.2, 0.25) is 0 Å². The summed E-state index contributed by atoms with van der Waals surface area (Å²) in [4.78, 5) is 12.3. The van der Waals surface area contributed by atoms with E-state index in [1.165, 1.54) is 128 Å². The lowest BCUT2D eigenvalue weighted by Crippen LogP contribution is -2.46. The van der Waals surface area contributed by atoms with Gasteiger partial charge in [0.05, 0.1) is 31.3 Å². The minimum absolute atomic E-state index is 0.0227.